The Hall–Kier alpha value is -2.88. The van der Waals surface area contributed by atoms with Gasteiger partial charge in [0.15, 0.2) is 5.43 Å². The predicted molar refractivity (Wildman–Crippen MR) is 102 cm³/mol. The SMILES string of the molecule is CCCCOC(=O)C(C)c1ccc2oc(-c3ccccc3)cc(=O)c2c1. The highest BCUT2D eigenvalue weighted by atomic mass is 16.5. The zero-order valence-electron chi connectivity index (χ0n) is 15.0. The molecule has 1 atom stereocenters. The van der Waals surface area contributed by atoms with Crippen molar-refractivity contribution in [2.24, 2.45) is 0 Å². The molecule has 26 heavy (non-hydrogen) atoms. The van der Waals surface area contributed by atoms with Crippen LogP contribution in [-0.4, -0.2) is 12.6 Å². The Bertz CT molecular complexity index is 957. The molecule has 1 heterocycles. The molecular weight excluding hydrogens is 328 g/mol. The fourth-order valence-electron chi connectivity index (χ4n) is 2.77. The van der Waals surface area contributed by atoms with E-state index in [-0.39, 0.29) is 11.4 Å². The van der Waals surface area contributed by atoms with Gasteiger partial charge in [0.05, 0.1) is 17.9 Å². The Morgan fingerprint density at radius 1 is 1.12 bits per heavy atom. The van der Waals surface area contributed by atoms with Gasteiger partial charge >= 0.3 is 5.97 Å². The molecule has 134 valence electrons. The van der Waals surface area contributed by atoms with Gasteiger partial charge in [0, 0.05) is 11.6 Å². The molecule has 3 aromatic rings. The van der Waals surface area contributed by atoms with E-state index in [0.717, 1.165) is 24.0 Å². The summed E-state index contributed by atoms with van der Waals surface area (Å²) in [6.07, 6.45) is 1.82. The minimum Gasteiger partial charge on any atom is -0.465 e. The Balaban J connectivity index is 1.91. The quantitative estimate of drug-likeness (QED) is 0.468. The summed E-state index contributed by atoms with van der Waals surface area (Å²) in [5.74, 6) is -0.171. The molecule has 0 saturated carbocycles. The van der Waals surface area contributed by atoms with Gasteiger partial charge < -0.3 is 9.15 Å². The van der Waals surface area contributed by atoms with Gasteiger partial charge in [-0.3, -0.25) is 9.59 Å². The minimum atomic E-state index is -0.426. The summed E-state index contributed by atoms with van der Waals surface area (Å²) in [6, 6.07) is 16.3. The van der Waals surface area contributed by atoms with Gasteiger partial charge in [0.25, 0.3) is 0 Å². The number of esters is 1. The van der Waals surface area contributed by atoms with Crippen LogP contribution in [0.25, 0.3) is 22.3 Å². The summed E-state index contributed by atoms with van der Waals surface area (Å²) in [7, 11) is 0. The average molecular weight is 350 g/mol. The number of unbranched alkanes of at least 4 members (excludes halogenated alkanes) is 1. The van der Waals surface area contributed by atoms with Crippen LogP contribution < -0.4 is 5.43 Å². The molecule has 0 aliphatic heterocycles. The first kappa shape index (κ1) is 17.9. The zero-order valence-corrected chi connectivity index (χ0v) is 15.0. The molecule has 0 aliphatic carbocycles. The van der Waals surface area contributed by atoms with Gasteiger partial charge in [-0.15, -0.1) is 0 Å². The molecule has 2 aromatic carbocycles. The molecule has 0 bridgehead atoms. The summed E-state index contributed by atoms with van der Waals surface area (Å²) < 4.78 is 11.2. The zero-order chi connectivity index (χ0) is 18.5. The fraction of sp³-hybridized carbons (Fsp3) is 0.273. The first-order valence-electron chi connectivity index (χ1n) is 8.90. The molecule has 1 unspecified atom stereocenters. The smallest absolute Gasteiger partial charge is 0.313 e. The Morgan fingerprint density at radius 3 is 2.62 bits per heavy atom. The van der Waals surface area contributed by atoms with Crippen LogP contribution in [0.1, 0.15) is 38.2 Å². The second-order valence-electron chi connectivity index (χ2n) is 6.34. The number of hydrogen-bond donors (Lipinski definition) is 0. The molecule has 0 saturated heterocycles. The summed E-state index contributed by atoms with van der Waals surface area (Å²) >= 11 is 0. The largest absolute Gasteiger partial charge is 0.465 e. The number of carbonyl (C=O) groups excluding carboxylic acids is 1. The van der Waals surface area contributed by atoms with Crippen molar-refractivity contribution >= 4 is 16.9 Å². The summed E-state index contributed by atoms with van der Waals surface area (Å²) in [5.41, 5.74) is 1.98. The van der Waals surface area contributed by atoms with Crippen LogP contribution in [0.15, 0.2) is 63.8 Å². The van der Waals surface area contributed by atoms with Gasteiger partial charge in [0.2, 0.25) is 0 Å². The number of hydrogen-bond acceptors (Lipinski definition) is 4. The van der Waals surface area contributed by atoms with E-state index < -0.39 is 5.92 Å². The lowest BCUT2D eigenvalue weighted by molar-refractivity contribution is -0.145. The molecule has 0 aliphatic rings. The van der Waals surface area contributed by atoms with E-state index in [4.69, 9.17) is 9.15 Å². The van der Waals surface area contributed by atoms with Crippen LogP contribution in [-0.2, 0) is 9.53 Å². The summed E-state index contributed by atoms with van der Waals surface area (Å²) in [6.45, 7) is 4.26. The van der Waals surface area contributed by atoms with Crippen molar-refractivity contribution in [3.63, 3.8) is 0 Å². The fourth-order valence-corrected chi connectivity index (χ4v) is 2.77. The van der Waals surface area contributed by atoms with E-state index in [1.165, 1.54) is 6.07 Å². The first-order valence-corrected chi connectivity index (χ1v) is 8.90. The van der Waals surface area contributed by atoms with Crippen molar-refractivity contribution in [2.75, 3.05) is 6.61 Å². The summed E-state index contributed by atoms with van der Waals surface area (Å²) in [4.78, 5) is 24.7. The molecule has 0 fully saturated rings. The highest BCUT2D eigenvalue weighted by molar-refractivity contribution is 5.83. The summed E-state index contributed by atoms with van der Waals surface area (Å²) in [5, 5.41) is 0.468. The van der Waals surface area contributed by atoms with Crippen molar-refractivity contribution in [3.05, 3.63) is 70.4 Å². The minimum absolute atomic E-state index is 0.126. The average Bonchev–Trinajstić information content (AvgIpc) is 2.68. The molecule has 4 nitrogen and oxygen atoms in total. The Labute approximate surface area is 152 Å². The second-order valence-corrected chi connectivity index (χ2v) is 6.34. The van der Waals surface area contributed by atoms with Crippen molar-refractivity contribution in [1.82, 2.24) is 0 Å². The third-order valence-electron chi connectivity index (χ3n) is 4.41. The number of carbonyl (C=O) groups is 1. The van der Waals surface area contributed by atoms with Gasteiger partial charge in [-0.2, -0.15) is 0 Å². The van der Waals surface area contributed by atoms with E-state index in [0.29, 0.717) is 23.3 Å². The lowest BCUT2D eigenvalue weighted by Crippen LogP contribution is -2.14. The van der Waals surface area contributed by atoms with Crippen molar-refractivity contribution in [1.29, 1.82) is 0 Å². The van der Waals surface area contributed by atoms with E-state index in [1.807, 2.05) is 43.3 Å². The van der Waals surface area contributed by atoms with Gasteiger partial charge in [-0.25, -0.2) is 0 Å². The van der Waals surface area contributed by atoms with Crippen LogP contribution in [0, 0.1) is 0 Å². The highest BCUT2D eigenvalue weighted by Gasteiger charge is 2.18. The normalized spacial score (nSPS) is 12.1. The monoisotopic (exact) mass is 350 g/mol. The van der Waals surface area contributed by atoms with E-state index in [1.54, 1.807) is 19.1 Å². The maximum Gasteiger partial charge on any atom is 0.313 e. The third kappa shape index (κ3) is 3.85. The number of ether oxygens (including phenoxy) is 1. The predicted octanol–water partition coefficient (Wildman–Crippen LogP) is 4.91. The van der Waals surface area contributed by atoms with Gasteiger partial charge in [0.1, 0.15) is 11.3 Å². The third-order valence-corrected chi connectivity index (χ3v) is 4.41. The first-order chi connectivity index (χ1) is 12.6. The molecular formula is C22H22O4. The second kappa shape index (κ2) is 8.00. The van der Waals surface area contributed by atoms with Crippen molar-refractivity contribution < 1.29 is 13.9 Å². The standard InChI is InChI=1S/C22H22O4/c1-3-4-12-25-22(24)15(2)17-10-11-20-18(13-17)19(23)14-21(26-20)16-8-6-5-7-9-16/h5-11,13-15H,3-4,12H2,1-2H3. The van der Waals surface area contributed by atoms with E-state index in [9.17, 15) is 9.59 Å². The van der Waals surface area contributed by atoms with Crippen LogP contribution in [0.4, 0.5) is 0 Å². The van der Waals surface area contributed by atoms with Gasteiger partial charge in [-0.05, 0) is 31.0 Å². The Morgan fingerprint density at radius 2 is 1.88 bits per heavy atom. The molecule has 0 amide bonds. The van der Waals surface area contributed by atoms with Crippen molar-refractivity contribution in [3.8, 4) is 11.3 Å². The van der Waals surface area contributed by atoms with Crippen LogP contribution in [0.3, 0.4) is 0 Å². The highest BCUT2D eigenvalue weighted by Crippen LogP contribution is 2.25. The van der Waals surface area contributed by atoms with Crippen LogP contribution >= 0.6 is 0 Å². The topological polar surface area (TPSA) is 56.5 Å². The van der Waals surface area contributed by atoms with E-state index >= 15 is 0 Å². The lowest BCUT2D eigenvalue weighted by atomic mass is 9.99. The number of fused-ring (bicyclic) bond motifs is 1. The van der Waals surface area contributed by atoms with Crippen LogP contribution in [0.2, 0.25) is 0 Å². The van der Waals surface area contributed by atoms with E-state index in [2.05, 4.69) is 0 Å². The molecule has 0 radical (unpaired) electrons. The number of rotatable bonds is 6. The van der Waals surface area contributed by atoms with Crippen molar-refractivity contribution in [2.45, 2.75) is 32.6 Å². The molecule has 3 rings (SSSR count). The molecule has 4 heteroatoms. The van der Waals surface area contributed by atoms with Crippen LogP contribution in [0.5, 0.6) is 0 Å². The molecule has 0 spiro atoms. The van der Waals surface area contributed by atoms with Gasteiger partial charge in [-0.1, -0.05) is 49.7 Å². The maximum atomic E-state index is 12.6. The number of benzene rings is 2. The molecule has 1 aromatic heterocycles. The molecule has 0 N–H and O–H groups in total. The Kier molecular flexibility index (Phi) is 5.52. The lowest BCUT2D eigenvalue weighted by Gasteiger charge is -2.12. The maximum absolute atomic E-state index is 12.6.